The fourth-order valence-corrected chi connectivity index (χ4v) is 4.96. The summed E-state index contributed by atoms with van der Waals surface area (Å²) in [6.07, 6.45) is -12.0. The summed E-state index contributed by atoms with van der Waals surface area (Å²) in [4.78, 5) is 14.1. The van der Waals surface area contributed by atoms with E-state index < -0.39 is 65.0 Å². The van der Waals surface area contributed by atoms with Gasteiger partial charge in [-0.3, -0.25) is 4.79 Å². The second kappa shape index (κ2) is 8.48. The predicted molar refractivity (Wildman–Crippen MR) is 110 cm³/mol. The smallest absolute Gasteiger partial charge is 0.380 e. The van der Waals surface area contributed by atoms with Gasteiger partial charge in [-0.1, -0.05) is 12.1 Å². The molecule has 190 valence electrons. The average molecular weight is 505 g/mol. The van der Waals surface area contributed by atoms with E-state index in [9.17, 15) is 40.6 Å². The highest BCUT2D eigenvalue weighted by Crippen LogP contribution is 2.46. The van der Waals surface area contributed by atoms with Crippen LogP contribution in [-0.4, -0.2) is 40.2 Å². The SMILES string of the molecule is C[C@@H](O[C@H]1CN2C(=O)C(C)(O)CC2[C@@H]1c1ccc(F)cc1)c1cc(C(F)(F)F)cc(C(F)(F)F)c1. The monoisotopic (exact) mass is 505 g/mol. The predicted octanol–water partition coefficient (Wildman–Crippen LogP) is 5.46. The van der Waals surface area contributed by atoms with Crippen molar-refractivity contribution in [2.75, 3.05) is 6.54 Å². The van der Waals surface area contributed by atoms with Crippen molar-refractivity contribution in [2.45, 2.75) is 62.4 Å². The summed E-state index contributed by atoms with van der Waals surface area (Å²) in [5.41, 5.74) is -4.28. The van der Waals surface area contributed by atoms with Crippen LogP contribution in [-0.2, 0) is 21.9 Å². The van der Waals surface area contributed by atoms with E-state index >= 15 is 0 Å². The Hall–Kier alpha value is -2.66. The maximum absolute atomic E-state index is 13.5. The van der Waals surface area contributed by atoms with Crippen LogP contribution in [0.1, 0.15) is 54.5 Å². The zero-order chi connectivity index (χ0) is 25.9. The lowest BCUT2D eigenvalue weighted by molar-refractivity contribution is -0.144. The van der Waals surface area contributed by atoms with E-state index in [0.717, 1.165) is 0 Å². The van der Waals surface area contributed by atoms with Gasteiger partial charge >= 0.3 is 12.4 Å². The number of carbonyl (C=O) groups excluding carboxylic acids is 1. The summed E-state index contributed by atoms with van der Waals surface area (Å²) >= 11 is 0. The Balaban J connectivity index is 1.68. The number of rotatable bonds is 4. The molecule has 5 atom stereocenters. The quantitative estimate of drug-likeness (QED) is 0.562. The number of benzene rings is 2. The Morgan fingerprint density at radius 1 is 1.03 bits per heavy atom. The second-order valence-electron chi connectivity index (χ2n) is 9.24. The maximum Gasteiger partial charge on any atom is 0.416 e. The number of nitrogens with zero attached hydrogens (tertiary/aromatic N) is 1. The number of aliphatic hydroxyl groups is 1. The minimum absolute atomic E-state index is 0.0306. The lowest BCUT2D eigenvalue weighted by Gasteiger charge is -2.28. The Kier molecular flexibility index (Phi) is 6.16. The highest BCUT2D eigenvalue weighted by Gasteiger charge is 2.57. The molecule has 2 fully saturated rings. The molecular weight excluding hydrogens is 483 g/mol. The summed E-state index contributed by atoms with van der Waals surface area (Å²) in [6.45, 7) is 2.67. The van der Waals surface area contributed by atoms with E-state index in [1.807, 2.05) is 0 Å². The van der Waals surface area contributed by atoms with Crippen LogP contribution in [0, 0.1) is 5.82 Å². The molecule has 35 heavy (non-hydrogen) atoms. The number of hydrogen-bond donors (Lipinski definition) is 1. The molecule has 4 rings (SSSR count). The van der Waals surface area contributed by atoms with Crippen LogP contribution in [0.25, 0.3) is 0 Å². The fraction of sp³-hybridized carbons (Fsp3) is 0.458. The topological polar surface area (TPSA) is 49.8 Å². The lowest BCUT2D eigenvalue weighted by atomic mass is 9.85. The molecule has 2 saturated heterocycles. The van der Waals surface area contributed by atoms with Gasteiger partial charge in [-0.05, 0) is 55.3 Å². The molecule has 2 aromatic rings. The molecule has 0 aromatic heterocycles. The van der Waals surface area contributed by atoms with Crippen LogP contribution in [0.2, 0.25) is 0 Å². The van der Waals surface area contributed by atoms with Crippen LogP contribution in [0.5, 0.6) is 0 Å². The summed E-state index contributed by atoms with van der Waals surface area (Å²) in [7, 11) is 0. The van der Waals surface area contributed by atoms with Crippen LogP contribution in [0.3, 0.4) is 0 Å². The molecule has 0 radical (unpaired) electrons. The van der Waals surface area contributed by atoms with Crippen LogP contribution in [0.15, 0.2) is 42.5 Å². The van der Waals surface area contributed by atoms with Gasteiger partial charge in [0.1, 0.15) is 11.4 Å². The zero-order valence-corrected chi connectivity index (χ0v) is 18.6. The van der Waals surface area contributed by atoms with Gasteiger partial charge in [0.15, 0.2) is 0 Å². The molecule has 1 amide bonds. The Labute approximate surface area is 196 Å². The van der Waals surface area contributed by atoms with Gasteiger partial charge in [-0.2, -0.15) is 26.3 Å². The highest BCUT2D eigenvalue weighted by molar-refractivity contribution is 5.88. The average Bonchev–Trinajstić information content (AvgIpc) is 3.19. The summed E-state index contributed by atoms with van der Waals surface area (Å²) in [6, 6.07) is 6.10. The number of hydrogen-bond acceptors (Lipinski definition) is 3. The first kappa shape index (κ1) is 25.4. The minimum Gasteiger partial charge on any atom is -0.380 e. The number of amides is 1. The Bertz CT molecular complexity index is 1080. The van der Waals surface area contributed by atoms with Crippen molar-refractivity contribution in [3.8, 4) is 0 Å². The lowest BCUT2D eigenvalue weighted by Crippen LogP contribution is -2.39. The first-order valence-electron chi connectivity index (χ1n) is 10.8. The molecule has 0 aliphatic carbocycles. The Morgan fingerprint density at radius 3 is 2.09 bits per heavy atom. The van der Waals surface area contributed by atoms with E-state index in [-0.39, 0.29) is 24.6 Å². The molecule has 0 saturated carbocycles. The second-order valence-corrected chi connectivity index (χ2v) is 9.24. The van der Waals surface area contributed by atoms with E-state index in [0.29, 0.717) is 17.7 Å². The van der Waals surface area contributed by atoms with Crippen molar-refractivity contribution in [3.05, 3.63) is 70.5 Å². The van der Waals surface area contributed by atoms with E-state index in [2.05, 4.69) is 0 Å². The van der Waals surface area contributed by atoms with Gasteiger partial charge in [0.25, 0.3) is 5.91 Å². The summed E-state index contributed by atoms with van der Waals surface area (Å²) in [5, 5.41) is 10.4. The molecule has 0 spiro atoms. The third-order valence-electron chi connectivity index (χ3n) is 6.63. The van der Waals surface area contributed by atoms with E-state index in [4.69, 9.17) is 4.74 Å². The molecule has 1 N–H and O–H groups in total. The number of alkyl halides is 6. The molecule has 2 unspecified atom stereocenters. The van der Waals surface area contributed by atoms with Crippen molar-refractivity contribution in [1.29, 1.82) is 0 Å². The van der Waals surface area contributed by atoms with Gasteiger partial charge in [0.05, 0.1) is 23.3 Å². The molecular formula is C24H22F7NO3. The normalized spacial score (nSPS) is 27.9. The molecule has 2 heterocycles. The molecule has 11 heteroatoms. The molecule has 4 nitrogen and oxygen atoms in total. The Morgan fingerprint density at radius 2 is 1.57 bits per heavy atom. The van der Waals surface area contributed by atoms with Crippen LogP contribution < -0.4 is 0 Å². The molecule has 2 aliphatic heterocycles. The summed E-state index contributed by atoms with van der Waals surface area (Å²) in [5.74, 6) is -1.64. The van der Waals surface area contributed by atoms with Crippen molar-refractivity contribution in [3.63, 3.8) is 0 Å². The van der Waals surface area contributed by atoms with Crippen molar-refractivity contribution in [1.82, 2.24) is 4.90 Å². The van der Waals surface area contributed by atoms with Gasteiger partial charge in [0, 0.05) is 24.9 Å². The van der Waals surface area contributed by atoms with E-state index in [1.54, 1.807) is 0 Å². The number of carbonyl (C=O) groups is 1. The summed E-state index contributed by atoms with van der Waals surface area (Å²) < 4.78 is 99.2. The zero-order valence-electron chi connectivity index (χ0n) is 18.6. The molecule has 2 aliphatic rings. The maximum atomic E-state index is 13.5. The van der Waals surface area contributed by atoms with Crippen LogP contribution in [0.4, 0.5) is 30.7 Å². The first-order chi connectivity index (χ1) is 16.1. The van der Waals surface area contributed by atoms with Crippen molar-refractivity contribution < 1.29 is 45.4 Å². The van der Waals surface area contributed by atoms with Crippen molar-refractivity contribution >= 4 is 5.91 Å². The van der Waals surface area contributed by atoms with Gasteiger partial charge in [-0.25, -0.2) is 4.39 Å². The number of halogens is 7. The van der Waals surface area contributed by atoms with Gasteiger partial charge < -0.3 is 14.7 Å². The van der Waals surface area contributed by atoms with Gasteiger partial charge in [0.2, 0.25) is 0 Å². The number of fused-ring (bicyclic) bond motifs is 1. The van der Waals surface area contributed by atoms with Crippen LogP contribution >= 0.6 is 0 Å². The number of ether oxygens (including phenoxy) is 1. The van der Waals surface area contributed by atoms with Crippen molar-refractivity contribution in [2.24, 2.45) is 0 Å². The standard InChI is InChI=1S/C24H22F7NO3/c1-12(14-7-15(23(26,27)28)9-16(8-14)24(29,30)31)35-19-11-32-18(10-22(2,34)21(32)33)20(19)13-3-5-17(25)6-4-13/h3-9,12,18-20,34H,10-11H2,1-2H3/t12-,18?,19+,20+,22?/m1/s1. The third-order valence-corrected chi connectivity index (χ3v) is 6.63. The third kappa shape index (κ3) is 4.88. The molecule has 0 bridgehead atoms. The largest absolute Gasteiger partial charge is 0.416 e. The first-order valence-corrected chi connectivity index (χ1v) is 10.8. The van der Waals surface area contributed by atoms with Gasteiger partial charge in [-0.15, -0.1) is 0 Å². The highest BCUT2D eigenvalue weighted by atomic mass is 19.4. The fourth-order valence-electron chi connectivity index (χ4n) is 4.96. The molecule has 2 aromatic carbocycles. The minimum atomic E-state index is -5.00. The van der Waals surface area contributed by atoms with E-state index in [1.165, 1.54) is 43.0 Å².